The Kier molecular flexibility index (Phi) is 4.75. The van der Waals surface area contributed by atoms with Crippen LogP contribution in [-0.4, -0.2) is 30.4 Å². The number of fused-ring (bicyclic) bond motifs is 1. The Labute approximate surface area is 134 Å². The number of benzene rings is 1. The summed E-state index contributed by atoms with van der Waals surface area (Å²) < 4.78 is 26.9. The highest BCUT2D eigenvalue weighted by atomic mass is 35.5. The molecule has 0 aliphatic carbocycles. The molecule has 1 atom stereocenters. The first-order chi connectivity index (χ1) is 9.51. The van der Waals surface area contributed by atoms with Crippen LogP contribution in [0.4, 0.5) is 0 Å². The maximum Gasteiger partial charge on any atom is 0.245 e. The molecule has 1 saturated heterocycles. The third-order valence-corrected chi connectivity index (χ3v) is 5.79. The SMILES string of the molecule is Cl.NC1CCCN1S(=O)(=O)c1cccc2cncc(Cl)c12. The molecule has 0 spiro atoms. The van der Waals surface area contributed by atoms with Crippen LogP contribution in [0.5, 0.6) is 0 Å². The topological polar surface area (TPSA) is 76.3 Å². The van der Waals surface area contributed by atoms with Gasteiger partial charge in [-0.25, -0.2) is 8.42 Å². The lowest BCUT2D eigenvalue weighted by molar-refractivity contribution is 0.396. The molecule has 1 aliphatic heterocycles. The van der Waals surface area contributed by atoms with Gasteiger partial charge in [0.05, 0.1) is 16.1 Å². The molecule has 5 nitrogen and oxygen atoms in total. The van der Waals surface area contributed by atoms with Crippen LogP contribution < -0.4 is 5.73 Å². The minimum atomic E-state index is -3.64. The highest BCUT2D eigenvalue weighted by molar-refractivity contribution is 7.89. The summed E-state index contributed by atoms with van der Waals surface area (Å²) in [5.41, 5.74) is 5.89. The van der Waals surface area contributed by atoms with E-state index in [-0.39, 0.29) is 17.3 Å². The first-order valence-electron chi connectivity index (χ1n) is 6.31. The van der Waals surface area contributed by atoms with Crippen molar-refractivity contribution in [1.29, 1.82) is 0 Å². The van der Waals surface area contributed by atoms with Crippen molar-refractivity contribution >= 4 is 44.8 Å². The molecule has 1 aromatic carbocycles. The Balaban J connectivity index is 0.00000161. The minimum absolute atomic E-state index is 0. The number of aromatic nitrogens is 1. The number of rotatable bonds is 2. The molecule has 114 valence electrons. The van der Waals surface area contributed by atoms with E-state index >= 15 is 0 Å². The summed E-state index contributed by atoms with van der Waals surface area (Å²) in [7, 11) is -3.64. The van der Waals surface area contributed by atoms with Crippen LogP contribution >= 0.6 is 24.0 Å². The Morgan fingerprint density at radius 1 is 1.33 bits per heavy atom. The van der Waals surface area contributed by atoms with E-state index < -0.39 is 16.2 Å². The third kappa shape index (κ3) is 2.74. The average molecular weight is 348 g/mol. The molecule has 8 heteroatoms. The first-order valence-corrected chi connectivity index (χ1v) is 8.13. The van der Waals surface area contributed by atoms with Crippen LogP contribution in [0.3, 0.4) is 0 Å². The van der Waals surface area contributed by atoms with Crippen LogP contribution in [0.2, 0.25) is 5.02 Å². The smallest absolute Gasteiger partial charge is 0.245 e. The predicted octanol–water partition coefficient (Wildman–Crippen LogP) is 2.38. The van der Waals surface area contributed by atoms with E-state index in [0.717, 1.165) is 6.42 Å². The first kappa shape index (κ1) is 16.5. The molecule has 3 rings (SSSR count). The van der Waals surface area contributed by atoms with Gasteiger partial charge in [0, 0.05) is 29.7 Å². The van der Waals surface area contributed by atoms with Gasteiger partial charge in [0.2, 0.25) is 10.0 Å². The van der Waals surface area contributed by atoms with Gasteiger partial charge in [-0.3, -0.25) is 4.98 Å². The summed E-state index contributed by atoms with van der Waals surface area (Å²) >= 11 is 6.13. The van der Waals surface area contributed by atoms with Gasteiger partial charge in [-0.1, -0.05) is 23.7 Å². The molecule has 0 amide bonds. The molecule has 0 saturated carbocycles. The molecule has 21 heavy (non-hydrogen) atoms. The number of halogens is 2. The normalized spacial score (nSPS) is 19.6. The van der Waals surface area contributed by atoms with Gasteiger partial charge in [-0.05, 0) is 18.9 Å². The molecule has 1 aliphatic rings. The Morgan fingerprint density at radius 2 is 2.10 bits per heavy atom. The molecule has 1 unspecified atom stereocenters. The monoisotopic (exact) mass is 347 g/mol. The van der Waals surface area contributed by atoms with E-state index in [9.17, 15) is 8.42 Å². The van der Waals surface area contributed by atoms with E-state index in [2.05, 4.69) is 4.98 Å². The van der Waals surface area contributed by atoms with Crippen molar-refractivity contribution in [2.45, 2.75) is 23.9 Å². The molecule has 2 heterocycles. The van der Waals surface area contributed by atoms with Crippen LogP contribution in [0.1, 0.15) is 12.8 Å². The fourth-order valence-electron chi connectivity index (χ4n) is 2.56. The lowest BCUT2D eigenvalue weighted by Gasteiger charge is -2.21. The van der Waals surface area contributed by atoms with Gasteiger partial charge in [0.15, 0.2) is 0 Å². The van der Waals surface area contributed by atoms with Crippen molar-refractivity contribution in [2.75, 3.05) is 6.54 Å². The zero-order chi connectivity index (χ0) is 14.3. The van der Waals surface area contributed by atoms with Crippen molar-refractivity contribution in [3.8, 4) is 0 Å². The maximum atomic E-state index is 12.8. The van der Waals surface area contributed by atoms with Gasteiger partial charge < -0.3 is 5.73 Å². The Hall–Kier alpha value is -0.920. The molecule has 2 aromatic rings. The molecule has 1 aromatic heterocycles. The summed E-state index contributed by atoms with van der Waals surface area (Å²) in [6.07, 6.45) is 4.05. The van der Waals surface area contributed by atoms with Crippen molar-refractivity contribution in [3.05, 3.63) is 35.6 Å². The largest absolute Gasteiger partial charge is 0.315 e. The highest BCUT2D eigenvalue weighted by Crippen LogP contribution is 2.32. The Morgan fingerprint density at radius 3 is 2.76 bits per heavy atom. The number of hydrogen-bond acceptors (Lipinski definition) is 4. The standard InChI is InChI=1S/C13H14ClN3O2S.ClH/c14-10-8-16-7-9-3-1-4-11(13(9)10)20(18,19)17-6-2-5-12(17)15;/h1,3-4,7-8,12H,2,5-6,15H2;1H. The lowest BCUT2D eigenvalue weighted by atomic mass is 10.2. The van der Waals surface area contributed by atoms with Crippen LogP contribution in [0, 0.1) is 0 Å². The average Bonchev–Trinajstić information content (AvgIpc) is 2.85. The fraction of sp³-hybridized carbons (Fsp3) is 0.308. The quantitative estimate of drug-likeness (QED) is 0.904. The second kappa shape index (κ2) is 6.06. The van der Waals surface area contributed by atoms with Gasteiger partial charge in [-0.15, -0.1) is 12.4 Å². The minimum Gasteiger partial charge on any atom is -0.315 e. The molecule has 0 radical (unpaired) electrons. The van der Waals surface area contributed by atoms with E-state index in [1.807, 2.05) is 0 Å². The summed E-state index contributed by atoms with van der Waals surface area (Å²) in [4.78, 5) is 4.18. The van der Waals surface area contributed by atoms with Gasteiger partial charge in [0.25, 0.3) is 0 Å². The molecular weight excluding hydrogens is 333 g/mol. The van der Waals surface area contributed by atoms with Crippen LogP contribution in [-0.2, 0) is 10.0 Å². The molecule has 2 N–H and O–H groups in total. The summed E-state index contributed by atoms with van der Waals surface area (Å²) in [5, 5.41) is 1.53. The summed E-state index contributed by atoms with van der Waals surface area (Å²) in [6.45, 7) is 0.447. The van der Waals surface area contributed by atoms with Crippen LogP contribution in [0.25, 0.3) is 10.8 Å². The molecular formula is C13H15Cl2N3O2S. The number of hydrogen-bond donors (Lipinski definition) is 1. The number of sulfonamides is 1. The summed E-state index contributed by atoms with van der Waals surface area (Å²) in [5.74, 6) is 0. The van der Waals surface area contributed by atoms with Gasteiger partial charge >= 0.3 is 0 Å². The molecule has 1 fully saturated rings. The number of nitrogens with zero attached hydrogens (tertiary/aromatic N) is 2. The Bertz CT molecular complexity index is 762. The van der Waals surface area contributed by atoms with Crippen molar-refractivity contribution in [3.63, 3.8) is 0 Å². The maximum absolute atomic E-state index is 12.8. The zero-order valence-electron chi connectivity index (χ0n) is 11.1. The van der Waals surface area contributed by atoms with Crippen molar-refractivity contribution < 1.29 is 8.42 Å². The van der Waals surface area contributed by atoms with E-state index in [0.29, 0.717) is 28.8 Å². The fourth-order valence-corrected chi connectivity index (χ4v) is 4.71. The summed E-state index contributed by atoms with van der Waals surface area (Å²) in [6, 6.07) is 5.04. The lowest BCUT2D eigenvalue weighted by Crippen LogP contribution is -2.40. The second-order valence-electron chi connectivity index (χ2n) is 4.80. The van der Waals surface area contributed by atoms with E-state index in [1.54, 1.807) is 24.4 Å². The van der Waals surface area contributed by atoms with E-state index in [4.69, 9.17) is 17.3 Å². The predicted molar refractivity (Wildman–Crippen MR) is 85.1 cm³/mol. The zero-order valence-corrected chi connectivity index (χ0v) is 13.5. The second-order valence-corrected chi connectivity index (χ2v) is 7.07. The third-order valence-electron chi connectivity index (χ3n) is 3.53. The number of pyridine rings is 1. The highest BCUT2D eigenvalue weighted by Gasteiger charge is 2.34. The van der Waals surface area contributed by atoms with Gasteiger partial charge in [-0.2, -0.15) is 4.31 Å². The van der Waals surface area contributed by atoms with Crippen molar-refractivity contribution in [1.82, 2.24) is 9.29 Å². The molecule has 0 bridgehead atoms. The number of nitrogens with two attached hydrogens (primary N) is 1. The van der Waals surface area contributed by atoms with Crippen LogP contribution in [0.15, 0.2) is 35.5 Å². The van der Waals surface area contributed by atoms with E-state index in [1.165, 1.54) is 10.5 Å². The van der Waals surface area contributed by atoms with Gasteiger partial charge in [0.1, 0.15) is 0 Å². The van der Waals surface area contributed by atoms with Crippen molar-refractivity contribution in [2.24, 2.45) is 5.73 Å².